The van der Waals surface area contributed by atoms with Gasteiger partial charge >= 0.3 is 23.9 Å². The molecule has 0 saturated heterocycles. The molecule has 0 rings (SSSR count). The molecule has 10 N–H and O–H groups in total. The molecule has 0 aromatic heterocycles. The second-order valence-electron chi connectivity index (χ2n) is 4.19. The first-order valence-electron chi connectivity index (χ1n) is 7.30. The molecule has 0 heterocycles. The van der Waals surface area contributed by atoms with Crippen molar-refractivity contribution in [2.75, 3.05) is 13.1 Å². The fourth-order valence-electron chi connectivity index (χ4n) is 0.428. The molecule has 28 heavy (non-hydrogen) atoms. The van der Waals surface area contributed by atoms with E-state index in [1.54, 1.807) is 0 Å². The van der Waals surface area contributed by atoms with E-state index in [1.165, 1.54) is 0 Å². The third-order valence-electron chi connectivity index (χ3n) is 1.27. The van der Waals surface area contributed by atoms with Crippen molar-refractivity contribution in [3.05, 3.63) is 0 Å². The van der Waals surface area contributed by atoms with E-state index in [1.807, 2.05) is 0 Å². The predicted octanol–water partition coefficient (Wildman–Crippen LogP) is -1.04. The highest BCUT2D eigenvalue weighted by molar-refractivity contribution is 5.75. The third-order valence-corrected chi connectivity index (χ3v) is 1.27. The van der Waals surface area contributed by atoms with Crippen LogP contribution in [0.4, 0.5) is 0 Å². The molecule has 0 amide bonds. The topological polar surface area (TPSA) is 276 Å². The summed E-state index contributed by atoms with van der Waals surface area (Å²) in [6.07, 6.45) is -1.19. The number of carboxylic acid groups (broad SMARTS) is 6. The van der Waals surface area contributed by atoms with Gasteiger partial charge in [0, 0.05) is 26.9 Å². The van der Waals surface area contributed by atoms with Crippen LogP contribution in [0.3, 0.4) is 0 Å². The van der Waals surface area contributed by atoms with Gasteiger partial charge in [0.25, 0.3) is 11.9 Å². The van der Waals surface area contributed by atoms with Crippen LogP contribution in [0.2, 0.25) is 0 Å². The minimum absolute atomic E-state index is 0.296. The number of carbonyl (C=O) groups is 6. The van der Waals surface area contributed by atoms with Gasteiger partial charge in [-0.15, -0.1) is 0 Å². The fourth-order valence-corrected chi connectivity index (χ4v) is 0.428. The number of nitrogens with two attached hydrogens (primary N) is 2. The van der Waals surface area contributed by atoms with Gasteiger partial charge in [0.15, 0.2) is 0 Å². The molecule has 0 radical (unpaired) electrons. The Morgan fingerprint density at radius 3 is 0.643 bits per heavy atom. The van der Waals surface area contributed by atoms with Crippen LogP contribution in [-0.4, -0.2) is 79.5 Å². The zero-order chi connectivity index (χ0) is 23.7. The Kier molecular flexibility index (Phi) is 36.5. The van der Waals surface area contributed by atoms with Crippen molar-refractivity contribution in [1.29, 1.82) is 0 Å². The predicted molar refractivity (Wildman–Crippen MR) is 93.7 cm³/mol. The SMILES string of the molecule is CC(=O)O.CC(=O)O.NCCN.O=C(O)CCC(=O)O.O=C(O)CCC(=O)O. The van der Waals surface area contributed by atoms with E-state index in [2.05, 4.69) is 0 Å². The lowest BCUT2D eigenvalue weighted by atomic mass is 10.3. The van der Waals surface area contributed by atoms with Crippen molar-refractivity contribution in [3.8, 4) is 0 Å². The number of hydrogen-bond donors (Lipinski definition) is 8. The summed E-state index contributed by atoms with van der Waals surface area (Å²) in [5.41, 5.74) is 9.81. The van der Waals surface area contributed by atoms with E-state index >= 15 is 0 Å². The maximum atomic E-state index is 9.64. The highest BCUT2D eigenvalue weighted by Crippen LogP contribution is 1.86. The van der Waals surface area contributed by atoms with E-state index in [9.17, 15) is 19.2 Å². The average Bonchev–Trinajstić information content (AvgIpc) is 2.50. The third kappa shape index (κ3) is 179. The Morgan fingerprint density at radius 2 is 0.607 bits per heavy atom. The van der Waals surface area contributed by atoms with E-state index in [0.717, 1.165) is 13.8 Å². The first-order chi connectivity index (χ1) is 12.6. The molecule has 0 aliphatic rings. The second-order valence-corrected chi connectivity index (χ2v) is 4.19. The number of rotatable bonds is 7. The van der Waals surface area contributed by atoms with Crippen LogP contribution in [0, 0.1) is 0 Å². The Bertz CT molecular complexity index is 387. The molecule has 0 fully saturated rings. The zero-order valence-corrected chi connectivity index (χ0v) is 15.5. The van der Waals surface area contributed by atoms with Gasteiger partial charge in [-0.25, -0.2) is 0 Å². The molecular weight excluding hydrogens is 388 g/mol. The Morgan fingerprint density at radius 1 is 0.500 bits per heavy atom. The van der Waals surface area contributed by atoms with Crippen LogP contribution < -0.4 is 11.5 Å². The van der Waals surface area contributed by atoms with Crippen molar-refractivity contribution < 1.29 is 59.4 Å². The summed E-state index contributed by atoms with van der Waals surface area (Å²) < 4.78 is 0. The largest absolute Gasteiger partial charge is 0.481 e. The van der Waals surface area contributed by atoms with Crippen LogP contribution in [-0.2, 0) is 28.8 Å². The quantitative estimate of drug-likeness (QED) is 0.246. The highest BCUT2D eigenvalue weighted by atomic mass is 16.4. The number of aliphatic carboxylic acids is 6. The van der Waals surface area contributed by atoms with Crippen molar-refractivity contribution in [1.82, 2.24) is 0 Å². The highest BCUT2D eigenvalue weighted by Gasteiger charge is 2.01. The molecule has 166 valence electrons. The van der Waals surface area contributed by atoms with Crippen LogP contribution >= 0.6 is 0 Å². The lowest BCUT2D eigenvalue weighted by Crippen LogP contribution is -2.11. The minimum Gasteiger partial charge on any atom is -0.481 e. The lowest BCUT2D eigenvalue weighted by molar-refractivity contribution is -0.143. The summed E-state index contributed by atoms with van der Waals surface area (Å²) in [6, 6.07) is 0. The molecule has 14 heteroatoms. The number of hydrogen-bond acceptors (Lipinski definition) is 8. The van der Waals surface area contributed by atoms with Crippen molar-refractivity contribution in [2.24, 2.45) is 11.5 Å². The van der Waals surface area contributed by atoms with Gasteiger partial charge < -0.3 is 42.1 Å². The van der Waals surface area contributed by atoms with Crippen LogP contribution in [0.1, 0.15) is 39.5 Å². The monoisotopic (exact) mass is 416 g/mol. The maximum Gasteiger partial charge on any atom is 0.303 e. The second kappa shape index (κ2) is 28.5. The molecule has 14 nitrogen and oxygen atoms in total. The standard InChI is InChI=1S/2C4H6O4.C2H8N2.2C2H4O2/c2*5-3(6)1-2-4(7)8;3-1-2-4;2*1-2(3)4/h2*1-2H2,(H,5,6)(H,7,8);1-4H2;2*1H3,(H,3,4). The van der Waals surface area contributed by atoms with Gasteiger partial charge in [0.05, 0.1) is 25.7 Å². The molecule has 0 aromatic rings. The molecule has 0 bridgehead atoms. The van der Waals surface area contributed by atoms with Gasteiger partial charge in [-0.2, -0.15) is 0 Å². The molecule has 0 saturated carbocycles. The average molecular weight is 416 g/mol. The van der Waals surface area contributed by atoms with Crippen LogP contribution in [0.25, 0.3) is 0 Å². The van der Waals surface area contributed by atoms with E-state index in [0.29, 0.717) is 13.1 Å². The first-order valence-corrected chi connectivity index (χ1v) is 7.30. The van der Waals surface area contributed by atoms with Crippen molar-refractivity contribution >= 4 is 35.8 Å². The normalized spacial score (nSPS) is 7.71. The lowest BCUT2D eigenvalue weighted by Gasteiger charge is -1.85. The van der Waals surface area contributed by atoms with Crippen molar-refractivity contribution in [2.45, 2.75) is 39.5 Å². The summed E-state index contributed by atoms with van der Waals surface area (Å²) in [7, 11) is 0. The summed E-state index contributed by atoms with van der Waals surface area (Å²) >= 11 is 0. The molecule has 0 aromatic carbocycles. The van der Waals surface area contributed by atoms with E-state index in [-0.39, 0.29) is 25.7 Å². The van der Waals surface area contributed by atoms with Crippen LogP contribution in [0.5, 0.6) is 0 Å². The van der Waals surface area contributed by atoms with Gasteiger partial charge in [0.1, 0.15) is 0 Å². The minimum atomic E-state index is -1.08. The van der Waals surface area contributed by atoms with Gasteiger partial charge in [0.2, 0.25) is 0 Å². The summed E-state index contributed by atoms with van der Waals surface area (Å²) in [5, 5.41) is 46.4. The Hall–Kier alpha value is -3.26. The maximum absolute atomic E-state index is 9.64. The Labute approximate surface area is 160 Å². The smallest absolute Gasteiger partial charge is 0.303 e. The fraction of sp³-hybridized carbons (Fsp3) is 0.571. The number of carboxylic acids is 6. The molecular formula is C14H28N2O12. The summed E-state index contributed by atoms with van der Waals surface area (Å²) in [4.78, 5) is 56.6. The summed E-state index contributed by atoms with van der Waals surface area (Å²) in [6.45, 7) is 3.36. The van der Waals surface area contributed by atoms with E-state index < -0.39 is 35.8 Å². The van der Waals surface area contributed by atoms with Crippen LogP contribution in [0.15, 0.2) is 0 Å². The zero-order valence-electron chi connectivity index (χ0n) is 15.5. The first kappa shape index (κ1) is 35.8. The molecule has 0 spiro atoms. The Balaban J connectivity index is -0.0000000824. The summed E-state index contributed by atoms with van der Waals surface area (Å²) in [5.74, 6) is -5.97. The molecule has 0 atom stereocenters. The van der Waals surface area contributed by atoms with E-state index in [4.69, 9.17) is 51.7 Å². The molecule has 0 aliphatic carbocycles. The molecule has 0 unspecified atom stereocenters. The van der Waals surface area contributed by atoms with Crippen molar-refractivity contribution in [3.63, 3.8) is 0 Å². The van der Waals surface area contributed by atoms with Gasteiger partial charge in [-0.1, -0.05) is 0 Å². The van der Waals surface area contributed by atoms with Gasteiger partial charge in [-0.3, -0.25) is 28.8 Å². The molecule has 0 aliphatic heterocycles. The van der Waals surface area contributed by atoms with Gasteiger partial charge in [-0.05, 0) is 0 Å².